The van der Waals surface area contributed by atoms with E-state index in [-0.39, 0.29) is 0 Å². The van der Waals surface area contributed by atoms with Crippen molar-refractivity contribution < 1.29 is 0 Å². The highest BCUT2D eigenvalue weighted by Crippen LogP contribution is 2.19. The number of aromatic nitrogens is 2. The van der Waals surface area contributed by atoms with Crippen molar-refractivity contribution in [3.63, 3.8) is 0 Å². The van der Waals surface area contributed by atoms with E-state index in [0.717, 1.165) is 39.6 Å². The Morgan fingerprint density at radius 1 is 1.50 bits per heavy atom. The lowest BCUT2D eigenvalue weighted by molar-refractivity contribution is 1.09. The van der Waals surface area contributed by atoms with Crippen LogP contribution in [0.4, 0.5) is 5.82 Å². The quantitative estimate of drug-likeness (QED) is 0.883. The molecule has 16 heavy (non-hydrogen) atoms. The maximum atomic E-state index is 6.06. The van der Waals surface area contributed by atoms with Crippen LogP contribution in [0, 0.1) is 0 Å². The first kappa shape index (κ1) is 11.8. The van der Waals surface area contributed by atoms with Crippen LogP contribution in [-0.4, -0.2) is 20.9 Å². The average molecular weight is 300 g/mol. The Labute approximate surface area is 108 Å². The highest BCUT2D eigenvalue weighted by Gasteiger charge is 2.08. The fourth-order valence-electron chi connectivity index (χ4n) is 1.58. The SMILES string of the molecule is CCSCCc1nc2ccc(Br)cn2c1N. The summed E-state index contributed by atoms with van der Waals surface area (Å²) in [4.78, 5) is 4.53. The molecule has 0 atom stereocenters. The third-order valence-electron chi connectivity index (χ3n) is 2.38. The number of fused-ring (bicyclic) bond motifs is 1. The molecule has 2 aromatic heterocycles. The molecular formula is C11H14BrN3S. The number of halogens is 1. The van der Waals surface area contributed by atoms with Gasteiger partial charge in [0.1, 0.15) is 11.5 Å². The molecule has 0 aliphatic heterocycles. The van der Waals surface area contributed by atoms with E-state index >= 15 is 0 Å². The summed E-state index contributed by atoms with van der Waals surface area (Å²) in [5, 5.41) is 0. The molecule has 0 aliphatic rings. The van der Waals surface area contributed by atoms with Crippen molar-refractivity contribution in [1.29, 1.82) is 0 Å². The maximum absolute atomic E-state index is 6.06. The molecule has 3 nitrogen and oxygen atoms in total. The number of aryl methyl sites for hydroxylation is 1. The minimum absolute atomic E-state index is 0.757. The van der Waals surface area contributed by atoms with Gasteiger partial charge in [-0.25, -0.2) is 4.98 Å². The standard InChI is InChI=1S/C11H14BrN3S/c1-2-16-6-5-9-11(13)15-7-8(12)3-4-10(15)14-9/h3-4,7H,2,5-6,13H2,1H3. The molecule has 2 heterocycles. The van der Waals surface area contributed by atoms with Crippen molar-refractivity contribution in [2.45, 2.75) is 13.3 Å². The van der Waals surface area contributed by atoms with Crippen molar-refractivity contribution in [3.8, 4) is 0 Å². The van der Waals surface area contributed by atoms with E-state index in [0.29, 0.717) is 0 Å². The van der Waals surface area contributed by atoms with E-state index in [1.165, 1.54) is 0 Å². The molecule has 0 amide bonds. The lowest BCUT2D eigenvalue weighted by Crippen LogP contribution is -1.98. The lowest BCUT2D eigenvalue weighted by atomic mass is 10.3. The monoisotopic (exact) mass is 299 g/mol. The largest absolute Gasteiger partial charge is 0.383 e. The molecule has 2 N–H and O–H groups in total. The Morgan fingerprint density at radius 2 is 2.31 bits per heavy atom. The number of rotatable bonds is 4. The second-order valence-corrected chi connectivity index (χ2v) is 5.78. The van der Waals surface area contributed by atoms with Crippen molar-refractivity contribution in [1.82, 2.24) is 9.38 Å². The van der Waals surface area contributed by atoms with E-state index < -0.39 is 0 Å². The number of hydrogen-bond donors (Lipinski definition) is 1. The van der Waals surface area contributed by atoms with Crippen LogP contribution in [-0.2, 0) is 6.42 Å². The Morgan fingerprint density at radius 3 is 3.06 bits per heavy atom. The van der Waals surface area contributed by atoms with Crippen LogP contribution in [0.1, 0.15) is 12.6 Å². The third-order valence-corrected chi connectivity index (χ3v) is 3.75. The van der Waals surface area contributed by atoms with Gasteiger partial charge < -0.3 is 5.73 Å². The van der Waals surface area contributed by atoms with Gasteiger partial charge in [0.25, 0.3) is 0 Å². The number of nitrogens with zero attached hydrogens (tertiary/aromatic N) is 2. The van der Waals surface area contributed by atoms with Gasteiger partial charge in [0.15, 0.2) is 0 Å². The van der Waals surface area contributed by atoms with Crippen molar-refractivity contribution in [2.24, 2.45) is 0 Å². The Hall–Kier alpha value is -0.680. The molecule has 0 bridgehead atoms. The summed E-state index contributed by atoms with van der Waals surface area (Å²) in [6.07, 6.45) is 2.89. The van der Waals surface area contributed by atoms with E-state index in [4.69, 9.17) is 5.73 Å². The molecule has 0 saturated carbocycles. The lowest BCUT2D eigenvalue weighted by Gasteiger charge is -1.98. The smallest absolute Gasteiger partial charge is 0.138 e. The molecule has 0 aromatic carbocycles. The minimum Gasteiger partial charge on any atom is -0.383 e. The van der Waals surface area contributed by atoms with Gasteiger partial charge in [0.05, 0.1) is 5.69 Å². The van der Waals surface area contributed by atoms with Gasteiger partial charge >= 0.3 is 0 Å². The van der Waals surface area contributed by atoms with Crippen LogP contribution in [0.5, 0.6) is 0 Å². The summed E-state index contributed by atoms with van der Waals surface area (Å²) in [6, 6.07) is 3.95. The molecule has 0 aliphatic carbocycles. The number of nitrogens with two attached hydrogens (primary N) is 1. The van der Waals surface area contributed by atoms with E-state index in [1.54, 1.807) is 0 Å². The number of hydrogen-bond acceptors (Lipinski definition) is 3. The van der Waals surface area contributed by atoms with Crippen molar-refractivity contribution in [2.75, 3.05) is 17.2 Å². The number of nitrogen functional groups attached to an aromatic ring is 1. The normalized spacial score (nSPS) is 11.1. The van der Waals surface area contributed by atoms with Gasteiger partial charge in [-0.05, 0) is 39.6 Å². The highest BCUT2D eigenvalue weighted by atomic mass is 79.9. The molecule has 2 rings (SSSR count). The van der Waals surface area contributed by atoms with Crippen molar-refractivity contribution in [3.05, 3.63) is 28.5 Å². The molecule has 0 saturated heterocycles. The third kappa shape index (κ3) is 2.35. The number of pyridine rings is 1. The Bertz CT molecular complexity index is 495. The van der Waals surface area contributed by atoms with Gasteiger partial charge in [-0.2, -0.15) is 11.8 Å². The Kier molecular flexibility index (Phi) is 3.76. The molecule has 0 radical (unpaired) electrons. The predicted octanol–water partition coefficient (Wildman–Crippen LogP) is 2.97. The van der Waals surface area contributed by atoms with Gasteiger partial charge in [-0.1, -0.05) is 6.92 Å². The first-order chi connectivity index (χ1) is 7.72. The van der Waals surface area contributed by atoms with Gasteiger partial charge in [-0.3, -0.25) is 4.40 Å². The number of thioether (sulfide) groups is 1. The molecule has 86 valence electrons. The summed E-state index contributed by atoms with van der Waals surface area (Å²) in [5.41, 5.74) is 7.97. The molecule has 5 heteroatoms. The van der Waals surface area contributed by atoms with Gasteiger partial charge in [0, 0.05) is 17.1 Å². The zero-order valence-corrected chi connectivity index (χ0v) is 11.5. The summed E-state index contributed by atoms with van der Waals surface area (Å²) in [5.74, 6) is 2.97. The fourth-order valence-corrected chi connectivity index (χ4v) is 2.55. The van der Waals surface area contributed by atoms with Crippen molar-refractivity contribution >= 4 is 39.2 Å². The summed E-state index contributed by atoms with van der Waals surface area (Å²) >= 11 is 5.34. The second-order valence-electron chi connectivity index (χ2n) is 3.47. The van der Waals surface area contributed by atoms with Crippen LogP contribution in [0.25, 0.3) is 5.65 Å². The van der Waals surface area contributed by atoms with E-state index in [9.17, 15) is 0 Å². The number of anilines is 1. The summed E-state index contributed by atoms with van der Waals surface area (Å²) < 4.78 is 2.94. The van der Waals surface area contributed by atoms with E-state index in [2.05, 4.69) is 27.8 Å². The van der Waals surface area contributed by atoms with Gasteiger partial charge in [-0.15, -0.1) is 0 Å². The molecule has 2 aromatic rings. The predicted molar refractivity (Wildman–Crippen MR) is 74.0 cm³/mol. The van der Waals surface area contributed by atoms with Crippen LogP contribution in [0.3, 0.4) is 0 Å². The topological polar surface area (TPSA) is 43.3 Å². The first-order valence-corrected chi connectivity index (χ1v) is 7.17. The molecule has 0 fully saturated rings. The molecular weight excluding hydrogens is 286 g/mol. The zero-order valence-electron chi connectivity index (χ0n) is 9.11. The van der Waals surface area contributed by atoms with Crippen LogP contribution in [0.2, 0.25) is 0 Å². The average Bonchev–Trinajstić information content (AvgIpc) is 2.57. The Balaban J connectivity index is 2.29. The van der Waals surface area contributed by atoms with E-state index in [1.807, 2.05) is 34.5 Å². The fraction of sp³-hybridized carbons (Fsp3) is 0.364. The first-order valence-electron chi connectivity index (χ1n) is 5.22. The minimum atomic E-state index is 0.757. The maximum Gasteiger partial charge on any atom is 0.138 e. The molecule has 0 spiro atoms. The van der Waals surface area contributed by atoms with Crippen LogP contribution < -0.4 is 5.73 Å². The summed E-state index contributed by atoms with van der Waals surface area (Å²) in [6.45, 7) is 2.16. The zero-order chi connectivity index (χ0) is 11.5. The number of imidazole rings is 1. The summed E-state index contributed by atoms with van der Waals surface area (Å²) in [7, 11) is 0. The van der Waals surface area contributed by atoms with Crippen LogP contribution >= 0.6 is 27.7 Å². The van der Waals surface area contributed by atoms with Gasteiger partial charge in [0.2, 0.25) is 0 Å². The van der Waals surface area contributed by atoms with Crippen LogP contribution in [0.15, 0.2) is 22.8 Å². The molecule has 0 unspecified atom stereocenters. The highest BCUT2D eigenvalue weighted by molar-refractivity contribution is 9.10. The second kappa shape index (κ2) is 5.10.